The van der Waals surface area contributed by atoms with Crippen LogP contribution in [-0.4, -0.2) is 28.0 Å². The minimum Gasteiger partial charge on any atom is -0.465 e. The molecule has 0 spiro atoms. The van der Waals surface area contributed by atoms with E-state index >= 15 is 0 Å². The molecule has 2 atom stereocenters. The van der Waals surface area contributed by atoms with Crippen LogP contribution in [0.2, 0.25) is 0 Å². The number of fused-ring (bicyclic) bond motifs is 3. The van der Waals surface area contributed by atoms with Crippen molar-refractivity contribution in [2.45, 2.75) is 33.4 Å². The van der Waals surface area contributed by atoms with Gasteiger partial charge in [0.2, 0.25) is 11.9 Å². The van der Waals surface area contributed by atoms with E-state index in [1.165, 1.54) is 0 Å². The summed E-state index contributed by atoms with van der Waals surface area (Å²) in [6.45, 7) is 6.40. The van der Waals surface area contributed by atoms with Gasteiger partial charge in [-0.1, -0.05) is 56.3 Å². The van der Waals surface area contributed by atoms with E-state index in [1.54, 1.807) is 11.8 Å². The Bertz CT molecular complexity index is 1040. The fourth-order valence-electron chi connectivity index (χ4n) is 4.15. The number of amides is 1. The Hall–Kier alpha value is -3.15. The smallest absolute Gasteiger partial charge is 0.320 e. The number of carbonyl (C=O) groups excluding carboxylic acids is 2. The second kappa shape index (κ2) is 7.70. The molecule has 0 bridgehead atoms. The Kier molecular flexibility index (Phi) is 5.09. The molecule has 1 aliphatic rings. The summed E-state index contributed by atoms with van der Waals surface area (Å²) in [5, 5.41) is 0. The highest BCUT2D eigenvalue weighted by molar-refractivity contribution is 6.08. The van der Waals surface area contributed by atoms with Gasteiger partial charge < -0.3 is 9.30 Å². The molecule has 0 saturated carbocycles. The highest BCUT2D eigenvalue weighted by Crippen LogP contribution is 2.41. The molecule has 1 amide bonds. The summed E-state index contributed by atoms with van der Waals surface area (Å²) < 4.78 is 7.36. The number of anilines is 1. The summed E-state index contributed by atoms with van der Waals surface area (Å²) in [4.78, 5) is 32.8. The summed E-state index contributed by atoms with van der Waals surface area (Å²) in [6, 6.07) is 17.2. The number of aromatic nitrogens is 2. The van der Waals surface area contributed by atoms with E-state index in [2.05, 4.69) is 0 Å². The molecule has 0 radical (unpaired) electrons. The van der Waals surface area contributed by atoms with Crippen molar-refractivity contribution in [1.82, 2.24) is 9.55 Å². The number of nitrogens with zero attached hydrogens (tertiary/aromatic N) is 3. The van der Waals surface area contributed by atoms with Gasteiger partial charge in [-0.3, -0.25) is 14.5 Å². The SMILES string of the molecule is CCOC(=O)[C@H]1C(=O)N(Cc2ccccc2)c2nc3ccccc3n2[C@@H]1C(C)C. The second-order valence-electron chi connectivity index (χ2n) is 7.64. The Morgan fingerprint density at radius 2 is 1.79 bits per heavy atom. The predicted molar refractivity (Wildman–Crippen MR) is 111 cm³/mol. The maximum atomic E-state index is 13.6. The van der Waals surface area contributed by atoms with Crippen LogP contribution in [0.15, 0.2) is 54.6 Å². The molecule has 6 nitrogen and oxygen atoms in total. The van der Waals surface area contributed by atoms with Crippen LogP contribution in [0.4, 0.5) is 5.95 Å². The van der Waals surface area contributed by atoms with Crippen LogP contribution >= 0.6 is 0 Å². The summed E-state index contributed by atoms with van der Waals surface area (Å²) >= 11 is 0. The van der Waals surface area contributed by atoms with E-state index in [9.17, 15) is 9.59 Å². The zero-order valence-corrected chi connectivity index (χ0v) is 16.9. The summed E-state index contributed by atoms with van der Waals surface area (Å²) in [5.41, 5.74) is 2.70. The van der Waals surface area contributed by atoms with Gasteiger partial charge >= 0.3 is 5.97 Å². The molecule has 0 N–H and O–H groups in total. The third-order valence-electron chi connectivity index (χ3n) is 5.40. The van der Waals surface area contributed by atoms with Gasteiger partial charge in [0.05, 0.1) is 30.2 Å². The standard InChI is InChI=1S/C23H25N3O3/c1-4-29-22(28)19-20(15(2)3)26-18-13-9-8-12-17(18)24-23(26)25(21(19)27)14-16-10-6-5-7-11-16/h5-13,15,19-20H,4,14H2,1-3H3/t19-,20-/m1/s1. The average molecular weight is 391 g/mol. The molecule has 0 unspecified atom stereocenters. The first-order valence-electron chi connectivity index (χ1n) is 10.0. The number of esters is 1. The van der Waals surface area contributed by atoms with Gasteiger partial charge in [-0.15, -0.1) is 0 Å². The molecule has 29 heavy (non-hydrogen) atoms. The van der Waals surface area contributed by atoms with Crippen LogP contribution in [0.5, 0.6) is 0 Å². The monoisotopic (exact) mass is 391 g/mol. The molecule has 6 heteroatoms. The number of ether oxygens (including phenoxy) is 1. The molecule has 3 aromatic rings. The molecular weight excluding hydrogens is 366 g/mol. The van der Waals surface area contributed by atoms with Crippen molar-refractivity contribution in [3.8, 4) is 0 Å². The first-order chi connectivity index (χ1) is 14.0. The third kappa shape index (κ3) is 3.28. The van der Waals surface area contributed by atoms with Gasteiger partial charge in [-0.05, 0) is 30.5 Å². The van der Waals surface area contributed by atoms with Gasteiger partial charge in [-0.2, -0.15) is 0 Å². The number of hydrogen-bond donors (Lipinski definition) is 0. The Labute approximate surface area is 170 Å². The van der Waals surface area contributed by atoms with E-state index in [4.69, 9.17) is 9.72 Å². The van der Waals surface area contributed by atoms with Crippen molar-refractivity contribution in [2.75, 3.05) is 11.5 Å². The van der Waals surface area contributed by atoms with E-state index in [-0.39, 0.29) is 24.5 Å². The molecular formula is C23H25N3O3. The van der Waals surface area contributed by atoms with Gasteiger partial charge in [0, 0.05) is 0 Å². The van der Waals surface area contributed by atoms with Crippen molar-refractivity contribution < 1.29 is 14.3 Å². The molecule has 0 fully saturated rings. The van der Waals surface area contributed by atoms with Gasteiger partial charge in [0.15, 0.2) is 5.92 Å². The van der Waals surface area contributed by atoms with Crippen LogP contribution in [0.3, 0.4) is 0 Å². The van der Waals surface area contributed by atoms with Crippen molar-refractivity contribution >= 4 is 28.9 Å². The zero-order valence-electron chi connectivity index (χ0n) is 16.9. The topological polar surface area (TPSA) is 64.4 Å². The molecule has 1 aromatic heterocycles. The van der Waals surface area contributed by atoms with E-state index < -0.39 is 11.9 Å². The minimum atomic E-state index is -0.899. The van der Waals surface area contributed by atoms with Gasteiger partial charge in [0.25, 0.3) is 0 Å². The maximum Gasteiger partial charge on any atom is 0.320 e. The summed E-state index contributed by atoms with van der Waals surface area (Å²) in [5.74, 6) is -1.00. The Morgan fingerprint density at radius 1 is 1.10 bits per heavy atom. The quantitative estimate of drug-likeness (QED) is 0.488. The van der Waals surface area contributed by atoms with Crippen LogP contribution in [0.1, 0.15) is 32.4 Å². The number of carbonyl (C=O) groups is 2. The van der Waals surface area contributed by atoms with Crippen LogP contribution in [-0.2, 0) is 20.9 Å². The van der Waals surface area contributed by atoms with E-state index in [0.717, 1.165) is 16.6 Å². The Balaban J connectivity index is 1.91. The first-order valence-corrected chi connectivity index (χ1v) is 10.0. The first kappa shape index (κ1) is 19.2. The zero-order chi connectivity index (χ0) is 20.5. The normalized spacial score (nSPS) is 18.9. The number of hydrogen-bond acceptors (Lipinski definition) is 4. The van der Waals surface area contributed by atoms with E-state index in [0.29, 0.717) is 12.5 Å². The van der Waals surface area contributed by atoms with Crippen molar-refractivity contribution in [3.63, 3.8) is 0 Å². The van der Waals surface area contributed by atoms with Crippen molar-refractivity contribution in [1.29, 1.82) is 0 Å². The average Bonchev–Trinajstić information content (AvgIpc) is 3.09. The molecule has 150 valence electrons. The summed E-state index contributed by atoms with van der Waals surface area (Å²) in [7, 11) is 0. The van der Waals surface area contributed by atoms with Crippen LogP contribution in [0.25, 0.3) is 11.0 Å². The lowest BCUT2D eigenvalue weighted by Crippen LogP contribution is -2.50. The number of rotatable bonds is 5. The highest BCUT2D eigenvalue weighted by Gasteiger charge is 2.48. The summed E-state index contributed by atoms with van der Waals surface area (Å²) in [6.07, 6.45) is 0. The lowest BCUT2D eigenvalue weighted by Gasteiger charge is -2.39. The van der Waals surface area contributed by atoms with Crippen molar-refractivity contribution in [2.24, 2.45) is 11.8 Å². The second-order valence-corrected chi connectivity index (χ2v) is 7.64. The fraction of sp³-hybridized carbons (Fsp3) is 0.348. The number of imidazole rings is 1. The number of benzene rings is 2. The predicted octanol–water partition coefficient (Wildman–Crippen LogP) is 3.96. The molecule has 0 aliphatic carbocycles. The molecule has 4 rings (SSSR count). The molecule has 2 aromatic carbocycles. The number of para-hydroxylation sites is 2. The molecule has 0 saturated heterocycles. The minimum absolute atomic E-state index is 0.0450. The molecule has 1 aliphatic heterocycles. The maximum absolute atomic E-state index is 13.6. The van der Waals surface area contributed by atoms with Crippen LogP contribution in [0, 0.1) is 11.8 Å². The lowest BCUT2D eigenvalue weighted by atomic mass is 9.87. The molecule has 2 heterocycles. The van der Waals surface area contributed by atoms with E-state index in [1.807, 2.05) is 73.0 Å². The Morgan fingerprint density at radius 3 is 2.48 bits per heavy atom. The van der Waals surface area contributed by atoms with Gasteiger partial charge in [-0.25, -0.2) is 4.98 Å². The lowest BCUT2D eigenvalue weighted by molar-refractivity contribution is -0.154. The van der Waals surface area contributed by atoms with Crippen LogP contribution < -0.4 is 4.90 Å². The fourth-order valence-corrected chi connectivity index (χ4v) is 4.15. The van der Waals surface area contributed by atoms with Crippen molar-refractivity contribution in [3.05, 3.63) is 60.2 Å². The largest absolute Gasteiger partial charge is 0.465 e. The third-order valence-corrected chi connectivity index (χ3v) is 5.40. The highest BCUT2D eigenvalue weighted by atomic mass is 16.5. The van der Waals surface area contributed by atoms with Gasteiger partial charge in [0.1, 0.15) is 0 Å².